The summed E-state index contributed by atoms with van der Waals surface area (Å²) in [6, 6.07) is 7.92. The highest BCUT2D eigenvalue weighted by molar-refractivity contribution is 6.74. The third kappa shape index (κ3) is 8.86. The molecule has 0 saturated carbocycles. The van der Waals surface area contributed by atoms with Crippen molar-refractivity contribution in [1.82, 2.24) is 0 Å². The topological polar surface area (TPSA) is 75.6 Å². The first-order chi connectivity index (χ1) is 18.3. The Labute approximate surface area is 237 Å². The first kappa shape index (κ1) is 32.3. The summed E-state index contributed by atoms with van der Waals surface area (Å²) in [6.07, 6.45) is 3.25. The van der Waals surface area contributed by atoms with E-state index in [0.29, 0.717) is 32.5 Å². The zero-order valence-electron chi connectivity index (χ0n) is 25.5. The Morgan fingerprint density at radius 2 is 1.69 bits per heavy atom. The van der Waals surface area contributed by atoms with Crippen LogP contribution in [0.2, 0.25) is 18.1 Å². The molecule has 0 aromatic heterocycles. The second kappa shape index (κ2) is 13.6. The van der Waals surface area contributed by atoms with Gasteiger partial charge in [0.2, 0.25) is 0 Å². The summed E-state index contributed by atoms with van der Waals surface area (Å²) < 4.78 is 37.8. The smallest absolute Gasteiger partial charge is 0.192 e. The lowest BCUT2D eigenvalue weighted by Crippen LogP contribution is -2.58. The van der Waals surface area contributed by atoms with Crippen LogP contribution >= 0.6 is 0 Å². The van der Waals surface area contributed by atoms with Crippen LogP contribution in [0.5, 0.6) is 5.75 Å². The Morgan fingerprint density at radius 3 is 2.28 bits per heavy atom. The van der Waals surface area contributed by atoms with Crippen LogP contribution in [0.1, 0.15) is 65.4 Å². The second-order valence-electron chi connectivity index (χ2n) is 12.9. The zero-order valence-corrected chi connectivity index (χ0v) is 26.5. The molecule has 0 amide bonds. The predicted molar refractivity (Wildman–Crippen MR) is 156 cm³/mol. The van der Waals surface area contributed by atoms with Crippen LogP contribution in [-0.4, -0.2) is 71.1 Å². The van der Waals surface area contributed by atoms with Crippen LogP contribution < -0.4 is 4.74 Å². The Morgan fingerprint density at radius 1 is 1.08 bits per heavy atom. The van der Waals surface area contributed by atoms with Gasteiger partial charge in [-0.3, -0.25) is 0 Å². The number of hydrogen-bond donors (Lipinski definition) is 1. The van der Waals surface area contributed by atoms with Gasteiger partial charge in [-0.2, -0.15) is 0 Å². The van der Waals surface area contributed by atoms with Gasteiger partial charge in [0.1, 0.15) is 5.75 Å². The molecule has 0 radical (unpaired) electrons. The van der Waals surface area contributed by atoms with Crippen LogP contribution in [0.15, 0.2) is 36.4 Å². The molecule has 1 aromatic rings. The lowest BCUT2D eigenvalue weighted by Gasteiger charge is -2.51. The van der Waals surface area contributed by atoms with Crippen LogP contribution in [0.25, 0.3) is 0 Å². The summed E-state index contributed by atoms with van der Waals surface area (Å²) in [5.74, 6) is 0.0364. The number of rotatable bonds is 12. The van der Waals surface area contributed by atoms with Crippen molar-refractivity contribution < 1.29 is 33.2 Å². The average Bonchev–Trinajstić information content (AvgIpc) is 2.87. The summed E-state index contributed by atoms with van der Waals surface area (Å²) in [7, 11) is 1.40. The molecule has 1 aromatic carbocycles. The Balaban J connectivity index is 1.77. The van der Waals surface area contributed by atoms with Gasteiger partial charge in [0, 0.05) is 39.4 Å². The van der Waals surface area contributed by atoms with Crippen molar-refractivity contribution in [3.05, 3.63) is 42.0 Å². The van der Waals surface area contributed by atoms with Crippen LogP contribution in [0.4, 0.5) is 0 Å². The van der Waals surface area contributed by atoms with E-state index in [1.807, 2.05) is 31.2 Å². The fraction of sp³-hybridized carbons (Fsp3) is 0.742. The van der Waals surface area contributed by atoms with Crippen molar-refractivity contribution in [3.63, 3.8) is 0 Å². The summed E-state index contributed by atoms with van der Waals surface area (Å²) in [5, 5.41) is 9.72. The van der Waals surface area contributed by atoms with Crippen molar-refractivity contribution in [2.75, 3.05) is 27.4 Å². The molecule has 2 fully saturated rings. The fourth-order valence-corrected chi connectivity index (χ4v) is 6.56. The summed E-state index contributed by atoms with van der Waals surface area (Å²) >= 11 is 0. The largest absolute Gasteiger partial charge is 0.497 e. The summed E-state index contributed by atoms with van der Waals surface area (Å²) in [5.41, 5.74) is 2.07. The summed E-state index contributed by atoms with van der Waals surface area (Å²) in [4.78, 5) is 0. The lowest BCUT2D eigenvalue weighted by atomic mass is 9.87. The molecule has 6 atom stereocenters. The van der Waals surface area contributed by atoms with E-state index in [9.17, 15) is 5.11 Å². The molecule has 2 aliphatic rings. The average molecular weight is 565 g/mol. The van der Waals surface area contributed by atoms with E-state index in [4.69, 9.17) is 28.1 Å². The molecule has 222 valence electrons. The number of benzene rings is 1. The first-order valence-corrected chi connectivity index (χ1v) is 17.3. The number of methoxy groups -OCH3 is 2. The molecule has 2 saturated heterocycles. The number of hydrogen-bond acceptors (Lipinski definition) is 7. The third-order valence-corrected chi connectivity index (χ3v) is 13.2. The first-order valence-electron chi connectivity index (χ1n) is 14.3. The molecule has 3 rings (SSSR count). The van der Waals surface area contributed by atoms with E-state index in [2.05, 4.69) is 40.4 Å². The SMILES string of the molecule is C=C(C[C@@H]1C[C@H](OC)C[C@@]2(C[C@@H](O[Si](C)(C)C(C)(C)C)C[C@H](COCc3ccc(OC)cc3)O2)O1)[C@@H](C)CO. The Hall–Kier alpha value is -1.26. The molecule has 8 heteroatoms. The van der Waals surface area contributed by atoms with Gasteiger partial charge in [-0.25, -0.2) is 0 Å². The highest BCUT2D eigenvalue weighted by Crippen LogP contribution is 2.45. The highest BCUT2D eigenvalue weighted by atomic mass is 28.4. The van der Waals surface area contributed by atoms with E-state index in [1.165, 1.54) is 0 Å². The van der Waals surface area contributed by atoms with Crippen LogP contribution in [-0.2, 0) is 30.0 Å². The third-order valence-electron chi connectivity index (χ3n) is 8.68. The molecular formula is C31H52O7Si. The van der Waals surface area contributed by atoms with E-state index < -0.39 is 14.1 Å². The van der Waals surface area contributed by atoms with E-state index >= 15 is 0 Å². The second-order valence-corrected chi connectivity index (χ2v) is 17.7. The van der Waals surface area contributed by atoms with Crippen LogP contribution in [0, 0.1) is 5.92 Å². The summed E-state index contributed by atoms with van der Waals surface area (Å²) in [6.45, 7) is 18.6. The van der Waals surface area contributed by atoms with E-state index in [1.54, 1.807) is 14.2 Å². The van der Waals surface area contributed by atoms with Crippen molar-refractivity contribution >= 4 is 8.32 Å². The van der Waals surface area contributed by atoms with Crippen molar-refractivity contribution in [1.29, 1.82) is 0 Å². The van der Waals surface area contributed by atoms with Gasteiger partial charge in [-0.05, 0) is 48.2 Å². The number of ether oxygens (including phenoxy) is 5. The van der Waals surface area contributed by atoms with Gasteiger partial charge in [-0.1, -0.05) is 52.0 Å². The molecule has 1 N–H and O–H groups in total. The number of aliphatic hydroxyl groups excluding tert-OH is 1. The normalized spacial score (nSPS) is 28.8. The molecular weight excluding hydrogens is 512 g/mol. The van der Waals surface area contributed by atoms with Gasteiger partial charge < -0.3 is 33.2 Å². The maximum atomic E-state index is 9.63. The Bertz CT molecular complexity index is 913. The number of aliphatic hydroxyl groups is 1. The standard InChI is InChI=1S/C31H52O7Si/c1-22(23(2)19-32)14-26-15-27(34-7)17-31(36-26)18-28(38-39(8,9)30(3,4)5)16-29(37-31)21-35-20-24-10-12-25(33-6)13-11-24/h10-13,23,26-29,32H,1,14-21H2,2-9H3/t23-,26+,27-,28-,29+,31+/m0/s1. The van der Waals surface area contributed by atoms with Gasteiger partial charge in [0.15, 0.2) is 14.1 Å². The van der Waals surface area contributed by atoms with Crippen LogP contribution in [0.3, 0.4) is 0 Å². The monoisotopic (exact) mass is 564 g/mol. The molecule has 2 heterocycles. The minimum absolute atomic E-state index is 0.00468. The molecule has 0 bridgehead atoms. The van der Waals surface area contributed by atoms with E-state index in [0.717, 1.165) is 29.7 Å². The predicted octanol–water partition coefficient (Wildman–Crippen LogP) is 6.25. The quantitative estimate of drug-likeness (QED) is 0.238. The molecule has 0 unspecified atom stereocenters. The van der Waals surface area contributed by atoms with Gasteiger partial charge >= 0.3 is 0 Å². The van der Waals surface area contributed by atoms with Gasteiger partial charge in [-0.15, -0.1) is 0 Å². The van der Waals surface area contributed by atoms with Crippen molar-refractivity contribution in [2.45, 2.75) is 115 Å². The molecule has 2 aliphatic heterocycles. The minimum atomic E-state index is -2.02. The van der Waals surface area contributed by atoms with E-state index in [-0.39, 0.29) is 42.0 Å². The molecule has 39 heavy (non-hydrogen) atoms. The van der Waals surface area contributed by atoms with Crippen molar-refractivity contribution in [2.24, 2.45) is 5.92 Å². The zero-order chi connectivity index (χ0) is 28.8. The highest BCUT2D eigenvalue weighted by Gasteiger charge is 2.51. The fourth-order valence-electron chi connectivity index (χ4n) is 5.20. The molecule has 0 aliphatic carbocycles. The molecule has 1 spiro atoms. The Kier molecular flexibility index (Phi) is 11.2. The lowest BCUT2D eigenvalue weighted by molar-refractivity contribution is -0.342. The van der Waals surface area contributed by atoms with Gasteiger partial charge in [0.05, 0.1) is 44.7 Å². The minimum Gasteiger partial charge on any atom is -0.497 e. The molecule has 7 nitrogen and oxygen atoms in total. The van der Waals surface area contributed by atoms with Gasteiger partial charge in [0.25, 0.3) is 0 Å². The maximum Gasteiger partial charge on any atom is 0.192 e. The maximum absolute atomic E-state index is 9.63. The van der Waals surface area contributed by atoms with Crippen molar-refractivity contribution in [3.8, 4) is 5.75 Å².